The molecule has 0 atom stereocenters. The van der Waals surface area contributed by atoms with Crippen molar-refractivity contribution in [3.8, 4) is 11.3 Å². The highest BCUT2D eigenvalue weighted by Gasteiger charge is 2.54. The summed E-state index contributed by atoms with van der Waals surface area (Å²) in [5.41, 5.74) is 5.77. The van der Waals surface area contributed by atoms with Gasteiger partial charge in [-0.25, -0.2) is 0 Å². The number of rotatable bonds is 3. The number of benzene rings is 1. The van der Waals surface area contributed by atoms with Crippen LogP contribution in [0.2, 0.25) is 5.02 Å². The highest BCUT2D eigenvalue weighted by molar-refractivity contribution is 6.30. The summed E-state index contributed by atoms with van der Waals surface area (Å²) in [6, 6.07) is 10.5. The number of amides is 2. The van der Waals surface area contributed by atoms with Gasteiger partial charge in [-0.3, -0.25) is 20.4 Å². The first-order chi connectivity index (χ1) is 13.5. The standard InChI is InChI=1S/C22H23ClN2O3/c23-17-3-1-16(2-4-17)18-5-6-19(28-18)20(26)24-25-21(27)22-10-13-7-14(11-22)9-15(8-13)12-22/h1-6,13-15H,7-12H2,(H,24,26)(H,25,27). The first kappa shape index (κ1) is 17.8. The Morgan fingerprint density at radius 2 is 1.50 bits per heavy atom. The zero-order chi connectivity index (χ0) is 19.3. The van der Waals surface area contributed by atoms with E-state index in [2.05, 4.69) is 10.9 Å². The quantitative estimate of drug-likeness (QED) is 0.743. The second-order valence-electron chi connectivity index (χ2n) is 8.78. The Bertz CT molecular complexity index is 883. The van der Waals surface area contributed by atoms with Gasteiger partial charge in [-0.2, -0.15) is 0 Å². The highest BCUT2D eigenvalue weighted by atomic mass is 35.5. The third-order valence-electron chi connectivity index (χ3n) is 6.77. The monoisotopic (exact) mass is 398 g/mol. The molecule has 4 aliphatic rings. The van der Waals surface area contributed by atoms with Gasteiger partial charge >= 0.3 is 5.91 Å². The molecule has 0 aliphatic heterocycles. The van der Waals surface area contributed by atoms with Crippen molar-refractivity contribution in [3.63, 3.8) is 0 Å². The molecule has 6 heteroatoms. The minimum atomic E-state index is -0.446. The number of nitrogens with one attached hydrogen (secondary N) is 2. The Balaban J connectivity index is 1.23. The summed E-state index contributed by atoms with van der Waals surface area (Å²) in [4.78, 5) is 25.4. The summed E-state index contributed by atoms with van der Waals surface area (Å²) in [5.74, 6) is 2.30. The molecule has 0 saturated heterocycles. The van der Waals surface area contributed by atoms with E-state index in [1.807, 2.05) is 12.1 Å². The van der Waals surface area contributed by atoms with Gasteiger partial charge in [0.15, 0.2) is 5.76 Å². The van der Waals surface area contributed by atoms with Crippen LogP contribution in [-0.4, -0.2) is 11.8 Å². The second-order valence-corrected chi connectivity index (χ2v) is 9.21. The van der Waals surface area contributed by atoms with Gasteiger partial charge in [0.1, 0.15) is 5.76 Å². The molecule has 6 rings (SSSR count). The number of hydrogen-bond acceptors (Lipinski definition) is 3. The zero-order valence-electron chi connectivity index (χ0n) is 15.5. The van der Waals surface area contributed by atoms with Crippen LogP contribution in [0.5, 0.6) is 0 Å². The molecule has 4 fully saturated rings. The van der Waals surface area contributed by atoms with Crippen molar-refractivity contribution < 1.29 is 14.0 Å². The Kier molecular flexibility index (Phi) is 4.23. The average molecular weight is 399 g/mol. The fraction of sp³-hybridized carbons (Fsp3) is 0.455. The van der Waals surface area contributed by atoms with E-state index in [0.717, 1.165) is 24.8 Å². The molecule has 4 aliphatic carbocycles. The summed E-state index contributed by atoms with van der Waals surface area (Å²) in [6.07, 6.45) is 6.71. The van der Waals surface area contributed by atoms with Crippen molar-refractivity contribution in [3.05, 3.63) is 47.2 Å². The molecule has 0 radical (unpaired) electrons. The Morgan fingerprint density at radius 1 is 0.893 bits per heavy atom. The maximum absolute atomic E-state index is 12.9. The third-order valence-corrected chi connectivity index (χ3v) is 7.02. The van der Waals surface area contributed by atoms with Crippen molar-refractivity contribution in [1.82, 2.24) is 10.9 Å². The first-order valence-electron chi connectivity index (χ1n) is 9.97. The fourth-order valence-corrected chi connectivity index (χ4v) is 6.05. The van der Waals surface area contributed by atoms with E-state index >= 15 is 0 Å². The maximum atomic E-state index is 12.9. The molecule has 5 nitrogen and oxygen atoms in total. The number of carbonyl (C=O) groups excluding carboxylic acids is 2. The smallest absolute Gasteiger partial charge is 0.305 e. The van der Waals surface area contributed by atoms with Gasteiger partial charge in [0.25, 0.3) is 0 Å². The molecule has 4 bridgehead atoms. The van der Waals surface area contributed by atoms with Crippen molar-refractivity contribution in [1.29, 1.82) is 0 Å². The fourth-order valence-electron chi connectivity index (χ4n) is 5.93. The zero-order valence-corrected chi connectivity index (χ0v) is 16.3. The van der Waals surface area contributed by atoms with Crippen LogP contribution in [0.4, 0.5) is 0 Å². The molecule has 4 saturated carbocycles. The van der Waals surface area contributed by atoms with E-state index in [1.54, 1.807) is 24.3 Å². The van der Waals surface area contributed by atoms with Crippen molar-refractivity contribution in [2.24, 2.45) is 23.2 Å². The SMILES string of the molecule is O=C(NNC(=O)C12CC3CC(CC(C3)C1)C2)c1ccc(-c2ccc(Cl)cc2)o1. The minimum Gasteiger partial charge on any atom is -0.451 e. The molecule has 28 heavy (non-hydrogen) atoms. The first-order valence-corrected chi connectivity index (χ1v) is 10.4. The molecular formula is C22H23ClN2O3. The van der Waals surface area contributed by atoms with Crippen LogP contribution in [0, 0.1) is 23.2 Å². The number of hydrogen-bond donors (Lipinski definition) is 2. The van der Waals surface area contributed by atoms with Crippen molar-refractivity contribution in [2.75, 3.05) is 0 Å². The molecular weight excluding hydrogens is 376 g/mol. The Hall–Kier alpha value is -2.27. The molecule has 2 aromatic rings. The largest absolute Gasteiger partial charge is 0.451 e. The van der Waals surface area contributed by atoms with Crippen LogP contribution in [0.25, 0.3) is 11.3 Å². The Morgan fingerprint density at radius 3 is 2.11 bits per heavy atom. The summed E-state index contributed by atoms with van der Waals surface area (Å²) >= 11 is 5.90. The van der Waals surface area contributed by atoms with Crippen molar-refractivity contribution >= 4 is 23.4 Å². The van der Waals surface area contributed by atoms with Crippen LogP contribution in [0.15, 0.2) is 40.8 Å². The lowest BCUT2D eigenvalue weighted by molar-refractivity contribution is -0.147. The van der Waals surface area contributed by atoms with Crippen LogP contribution >= 0.6 is 11.6 Å². The van der Waals surface area contributed by atoms with E-state index in [1.165, 1.54) is 19.3 Å². The molecule has 2 N–H and O–H groups in total. The summed E-state index contributed by atoms with van der Waals surface area (Å²) < 4.78 is 5.65. The number of hydrazine groups is 1. The minimum absolute atomic E-state index is 0.0376. The lowest BCUT2D eigenvalue weighted by Gasteiger charge is -2.55. The number of carbonyl (C=O) groups is 2. The molecule has 1 aromatic heterocycles. The van der Waals surface area contributed by atoms with Gasteiger partial charge in [-0.05, 0) is 92.7 Å². The Labute approximate surface area is 168 Å². The summed E-state index contributed by atoms with van der Waals surface area (Å²) in [7, 11) is 0. The van der Waals surface area contributed by atoms with Gasteiger partial charge < -0.3 is 4.42 Å². The van der Waals surface area contributed by atoms with Gasteiger partial charge in [-0.1, -0.05) is 11.6 Å². The van der Waals surface area contributed by atoms with Gasteiger partial charge in [-0.15, -0.1) is 0 Å². The van der Waals surface area contributed by atoms with Crippen LogP contribution in [0.1, 0.15) is 49.1 Å². The molecule has 1 heterocycles. The summed E-state index contributed by atoms with van der Waals surface area (Å²) in [6.45, 7) is 0. The van der Waals surface area contributed by atoms with Crippen LogP contribution in [-0.2, 0) is 4.79 Å². The number of furan rings is 1. The van der Waals surface area contributed by atoms with Crippen molar-refractivity contribution in [2.45, 2.75) is 38.5 Å². The number of halogens is 1. The maximum Gasteiger partial charge on any atom is 0.305 e. The third kappa shape index (κ3) is 3.12. The topological polar surface area (TPSA) is 71.3 Å². The summed E-state index contributed by atoms with van der Waals surface area (Å²) in [5, 5.41) is 0.640. The lowest BCUT2D eigenvalue weighted by atomic mass is 9.49. The normalized spacial score (nSPS) is 30.2. The molecule has 146 valence electrons. The van der Waals surface area contributed by atoms with Crippen LogP contribution < -0.4 is 10.9 Å². The molecule has 0 unspecified atom stereocenters. The lowest BCUT2D eigenvalue weighted by Crippen LogP contribution is -2.56. The molecule has 2 amide bonds. The average Bonchev–Trinajstić information content (AvgIpc) is 3.15. The van der Waals surface area contributed by atoms with E-state index in [-0.39, 0.29) is 17.1 Å². The van der Waals surface area contributed by atoms with E-state index < -0.39 is 5.91 Å². The van der Waals surface area contributed by atoms with E-state index in [9.17, 15) is 9.59 Å². The highest BCUT2D eigenvalue weighted by Crippen LogP contribution is 2.60. The van der Waals surface area contributed by atoms with Gasteiger partial charge in [0, 0.05) is 10.6 Å². The van der Waals surface area contributed by atoms with E-state index in [4.69, 9.17) is 16.0 Å². The van der Waals surface area contributed by atoms with Crippen LogP contribution in [0.3, 0.4) is 0 Å². The predicted octanol–water partition coefficient (Wildman–Crippen LogP) is 4.58. The van der Waals surface area contributed by atoms with E-state index in [0.29, 0.717) is 28.5 Å². The molecule has 0 spiro atoms. The van der Waals surface area contributed by atoms with Gasteiger partial charge in [0.05, 0.1) is 5.41 Å². The molecule has 1 aromatic carbocycles. The second kappa shape index (κ2) is 6.66. The predicted molar refractivity (Wildman–Crippen MR) is 105 cm³/mol. The van der Waals surface area contributed by atoms with Gasteiger partial charge in [0.2, 0.25) is 5.91 Å².